The highest BCUT2D eigenvalue weighted by molar-refractivity contribution is 6.06. The summed E-state index contributed by atoms with van der Waals surface area (Å²) in [6.07, 6.45) is 3.13. The zero-order valence-corrected chi connectivity index (χ0v) is 24.6. The molecule has 3 aliphatic rings. The Balaban J connectivity index is 1.51. The Labute approximate surface area is 251 Å². The summed E-state index contributed by atoms with van der Waals surface area (Å²) in [5, 5.41) is 12.8. The van der Waals surface area contributed by atoms with E-state index in [9.17, 15) is 14.7 Å². The molecule has 2 unspecified atom stereocenters. The van der Waals surface area contributed by atoms with Gasteiger partial charge in [-0.05, 0) is 54.7 Å². The molecule has 224 valence electrons. The minimum absolute atomic E-state index is 0.174. The number of esters is 1. The van der Waals surface area contributed by atoms with Crippen LogP contribution in [0.25, 0.3) is 10.8 Å². The minimum Gasteiger partial charge on any atom is -0.466 e. The zero-order valence-electron chi connectivity index (χ0n) is 24.6. The molecule has 1 N–H and O–H groups in total. The number of fused-ring (bicyclic) bond motifs is 2. The van der Waals surface area contributed by atoms with Gasteiger partial charge < -0.3 is 24.4 Å². The third-order valence-electron chi connectivity index (χ3n) is 9.71. The van der Waals surface area contributed by atoms with Crippen molar-refractivity contribution in [2.75, 3.05) is 24.7 Å². The number of rotatable bonds is 10. The molecule has 0 saturated carbocycles. The Hall–Kier alpha value is -4.01. The molecule has 8 nitrogen and oxygen atoms in total. The Morgan fingerprint density at radius 1 is 1.09 bits per heavy atom. The largest absolute Gasteiger partial charge is 0.466 e. The van der Waals surface area contributed by atoms with Crippen molar-refractivity contribution >= 4 is 34.2 Å². The van der Waals surface area contributed by atoms with Crippen LogP contribution in [0.1, 0.15) is 44.7 Å². The number of amides is 2. The topological polar surface area (TPSA) is 96.4 Å². The van der Waals surface area contributed by atoms with Crippen LogP contribution >= 0.6 is 0 Å². The van der Waals surface area contributed by atoms with Crippen LogP contribution in [0.2, 0.25) is 0 Å². The van der Waals surface area contributed by atoms with Crippen LogP contribution in [-0.4, -0.2) is 64.8 Å². The second-order valence-corrected chi connectivity index (χ2v) is 11.7. The first kappa shape index (κ1) is 29.1. The van der Waals surface area contributed by atoms with Crippen molar-refractivity contribution in [1.82, 2.24) is 4.90 Å². The molecule has 2 bridgehead atoms. The molecular formula is C35H38N2O6. The molecule has 3 heterocycles. The van der Waals surface area contributed by atoms with Gasteiger partial charge >= 0.3 is 5.97 Å². The first-order chi connectivity index (χ1) is 20.9. The summed E-state index contributed by atoms with van der Waals surface area (Å²) < 4.78 is 12.4. The number of ether oxygens (including phenoxy) is 2. The van der Waals surface area contributed by atoms with E-state index in [4.69, 9.17) is 9.47 Å². The SMILES string of the molecule is C=CCN(C(=O)C1N([C@H](CO)c2ccccc2)C(=O)[C@@H]2[C@H](C(=O)OCC)[C@]3(CC)CCC12O3)c1ccc2ccccc2c1. The van der Waals surface area contributed by atoms with Crippen LogP contribution in [0, 0.1) is 11.8 Å². The van der Waals surface area contributed by atoms with E-state index in [1.165, 1.54) is 4.90 Å². The average Bonchev–Trinajstić information content (AvgIpc) is 3.64. The van der Waals surface area contributed by atoms with Crippen molar-refractivity contribution in [2.24, 2.45) is 11.8 Å². The maximum atomic E-state index is 15.0. The van der Waals surface area contributed by atoms with E-state index in [0.717, 1.165) is 10.8 Å². The number of benzene rings is 3. The minimum atomic E-state index is -1.25. The van der Waals surface area contributed by atoms with E-state index >= 15 is 4.79 Å². The van der Waals surface area contributed by atoms with E-state index in [1.807, 2.05) is 79.7 Å². The smallest absolute Gasteiger partial charge is 0.312 e. The van der Waals surface area contributed by atoms with Crippen LogP contribution in [0.5, 0.6) is 0 Å². The average molecular weight is 583 g/mol. The normalized spacial score (nSPS) is 28.1. The summed E-state index contributed by atoms with van der Waals surface area (Å²) in [4.78, 5) is 46.3. The van der Waals surface area contributed by atoms with Gasteiger partial charge in [-0.2, -0.15) is 0 Å². The number of carbonyl (C=O) groups is 3. The van der Waals surface area contributed by atoms with Gasteiger partial charge in [-0.25, -0.2) is 0 Å². The van der Waals surface area contributed by atoms with Crippen LogP contribution in [0.15, 0.2) is 85.5 Å². The summed E-state index contributed by atoms with van der Waals surface area (Å²) in [7, 11) is 0. The van der Waals surface area contributed by atoms with Gasteiger partial charge in [-0.1, -0.05) is 73.7 Å². The third kappa shape index (κ3) is 4.38. The molecule has 3 aromatic rings. The molecule has 8 heteroatoms. The summed E-state index contributed by atoms with van der Waals surface area (Å²) in [6.45, 7) is 7.58. The molecule has 3 aromatic carbocycles. The lowest BCUT2D eigenvalue weighted by Gasteiger charge is -2.39. The number of likely N-dealkylation sites (tertiary alicyclic amines) is 1. The Kier molecular flexibility index (Phi) is 7.60. The lowest BCUT2D eigenvalue weighted by molar-refractivity contribution is -0.161. The fourth-order valence-corrected chi connectivity index (χ4v) is 7.84. The number of hydrogen-bond acceptors (Lipinski definition) is 6. The number of aliphatic hydroxyl groups excluding tert-OH is 1. The predicted molar refractivity (Wildman–Crippen MR) is 163 cm³/mol. The Bertz CT molecular complexity index is 1560. The van der Waals surface area contributed by atoms with E-state index in [0.29, 0.717) is 30.5 Å². The van der Waals surface area contributed by atoms with Gasteiger partial charge in [0.05, 0.1) is 30.8 Å². The number of nitrogens with zero attached hydrogens (tertiary/aromatic N) is 2. The zero-order chi connectivity index (χ0) is 30.4. The highest BCUT2D eigenvalue weighted by atomic mass is 16.6. The standard InChI is InChI=1S/C35H38N2O6/c1-4-20-36(26-17-16-23-12-10-11-15-25(23)21-26)32(40)30-35-19-18-34(5-2,43-35)29(33(41)42-6-3)28(35)31(39)37(30)27(22-38)24-13-8-7-9-14-24/h4,7-17,21,27-30,38H,1,5-6,18-20,22H2,2-3H3/t27-,28+,29-,30?,34+,35?/m1/s1. The lowest BCUT2D eigenvalue weighted by Crippen LogP contribution is -2.57. The van der Waals surface area contributed by atoms with Gasteiger partial charge in [0.15, 0.2) is 0 Å². The monoisotopic (exact) mass is 582 g/mol. The van der Waals surface area contributed by atoms with Gasteiger partial charge in [0.1, 0.15) is 17.6 Å². The third-order valence-corrected chi connectivity index (χ3v) is 9.71. The fraction of sp³-hybridized carbons (Fsp3) is 0.400. The molecule has 0 radical (unpaired) electrons. The van der Waals surface area contributed by atoms with E-state index in [1.54, 1.807) is 17.9 Å². The summed E-state index contributed by atoms with van der Waals surface area (Å²) >= 11 is 0. The van der Waals surface area contributed by atoms with Crippen LogP contribution in [-0.2, 0) is 23.9 Å². The van der Waals surface area contributed by atoms with Crippen molar-refractivity contribution in [1.29, 1.82) is 0 Å². The maximum absolute atomic E-state index is 15.0. The second-order valence-electron chi connectivity index (χ2n) is 11.7. The highest BCUT2D eigenvalue weighted by Crippen LogP contribution is 2.65. The molecule has 6 rings (SSSR count). The number of carbonyl (C=O) groups excluding carboxylic acids is 3. The second kappa shape index (κ2) is 11.2. The van der Waals surface area contributed by atoms with Gasteiger partial charge in [0.25, 0.3) is 5.91 Å². The van der Waals surface area contributed by atoms with Crippen molar-refractivity contribution < 1.29 is 29.0 Å². The van der Waals surface area contributed by atoms with Crippen LogP contribution < -0.4 is 4.90 Å². The maximum Gasteiger partial charge on any atom is 0.312 e. The number of hydrogen-bond donors (Lipinski definition) is 1. The first-order valence-corrected chi connectivity index (χ1v) is 15.1. The number of aliphatic hydroxyl groups is 1. The molecule has 0 aliphatic carbocycles. The molecular weight excluding hydrogens is 544 g/mol. The molecule has 0 aromatic heterocycles. The van der Waals surface area contributed by atoms with Gasteiger partial charge in [0.2, 0.25) is 5.91 Å². The van der Waals surface area contributed by atoms with Crippen molar-refractivity contribution in [2.45, 2.75) is 56.4 Å². The lowest BCUT2D eigenvalue weighted by atomic mass is 9.65. The number of anilines is 1. The van der Waals surface area contributed by atoms with Gasteiger partial charge in [-0.15, -0.1) is 6.58 Å². The summed E-state index contributed by atoms with van der Waals surface area (Å²) in [5.41, 5.74) is -0.790. The van der Waals surface area contributed by atoms with E-state index in [2.05, 4.69) is 6.58 Å². The summed E-state index contributed by atoms with van der Waals surface area (Å²) in [6, 6.07) is 21.0. The molecule has 2 amide bonds. The Morgan fingerprint density at radius 2 is 1.81 bits per heavy atom. The first-order valence-electron chi connectivity index (χ1n) is 15.1. The molecule has 6 atom stereocenters. The molecule has 3 saturated heterocycles. The molecule has 3 fully saturated rings. The molecule has 3 aliphatic heterocycles. The van der Waals surface area contributed by atoms with Crippen molar-refractivity contribution in [3.63, 3.8) is 0 Å². The highest BCUT2D eigenvalue weighted by Gasteiger charge is 2.79. The van der Waals surface area contributed by atoms with Crippen LogP contribution in [0.3, 0.4) is 0 Å². The van der Waals surface area contributed by atoms with Gasteiger partial charge in [0, 0.05) is 12.2 Å². The van der Waals surface area contributed by atoms with E-state index in [-0.39, 0.29) is 25.0 Å². The van der Waals surface area contributed by atoms with Crippen LogP contribution in [0.4, 0.5) is 5.69 Å². The van der Waals surface area contributed by atoms with Crippen molar-refractivity contribution in [3.8, 4) is 0 Å². The predicted octanol–water partition coefficient (Wildman–Crippen LogP) is 4.81. The van der Waals surface area contributed by atoms with E-state index < -0.39 is 47.7 Å². The Morgan fingerprint density at radius 3 is 2.49 bits per heavy atom. The molecule has 1 spiro atoms. The fourth-order valence-electron chi connectivity index (χ4n) is 7.84. The summed E-state index contributed by atoms with van der Waals surface area (Å²) in [5.74, 6) is -2.94. The molecule has 43 heavy (non-hydrogen) atoms. The van der Waals surface area contributed by atoms with Gasteiger partial charge in [-0.3, -0.25) is 14.4 Å². The quantitative estimate of drug-likeness (QED) is 0.272. The van der Waals surface area contributed by atoms with Crippen molar-refractivity contribution in [3.05, 3.63) is 91.0 Å².